The van der Waals surface area contributed by atoms with Crippen LogP contribution in [0.15, 0.2) is 47.1 Å². The number of hydrogen-bond acceptors (Lipinski definition) is 3. The summed E-state index contributed by atoms with van der Waals surface area (Å²) in [6.45, 7) is 10.6. The van der Waals surface area contributed by atoms with Crippen LogP contribution in [0.3, 0.4) is 0 Å². The van der Waals surface area contributed by atoms with Gasteiger partial charge in [0, 0.05) is 23.8 Å². The van der Waals surface area contributed by atoms with E-state index in [9.17, 15) is 15.0 Å². The van der Waals surface area contributed by atoms with Gasteiger partial charge >= 0.3 is 0 Å². The average Bonchev–Trinajstić information content (AvgIpc) is 3.07. The number of carbonyl (C=O) groups is 1. The number of carbonyl (C=O) groups excluding carboxylic acids is 1. The van der Waals surface area contributed by atoms with E-state index in [0.717, 1.165) is 19.3 Å². The fourth-order valence-electron chi connectivity index (χ4n) is 6.54. The standard InChI is InChI=1S/C25H35NO3/c1-15(2)7-6-8-16(3)17-11-12-23(4)13-20-21-18(9-10-19(17)23)22(27)26-25(21,29)14-24(20,5)28/h6-10,16-17,20-21,28-29H,11-14H2,1-5H3,(H,26,27)/b8-6-,18-9+,19-10-/t16-,17+,20-,21-,23+,24+,25-/m0/s1. The lowest BCUT2D eigenvalue weighted by atomic mass is 9.66. The minimum absolute atomic E-state index is 0.0170. The van der Waals surface area contributed by atoms with E-state index in [0.29, 0.717) is 17.4 Å². The third-order valence-electron chi connectivity index (χ3n) is 7.97. The molecule has 158 valence electrons. The lowest BCUT2D eigenvalue weighted by Gasteiger charge is -2.39. The number of rotatable bonds is 3. The monoisotopic (exact) mass is 397 g/mol. The average molecular weight is 398 g/mol. The van der Waals surface area contributed by atoms with Crippen LogP contribution in [0.25, 0.3) is 0 Å². The molecular formula is C25H35NO3. The fraction of sp³-hybridized carbons (Fsp3) is 0.640. The molecule has 4 rings (SSSR count). The summed E-state index contributed by atoms with van der Waals surface area (Å²) in [6, 6.07) is 0. The van der Waals surface area contributed by atoms with Gasteiger partial charge in [0.2, 0.25) is 5.91 Å². The quantitative estimate of drug-likeness (QED) is 0.630. The maximum absolute atomic E-state index is 12.6. The summed E-state index contributed by atoms with van der Waals surface area (Å²) in [6.07, 6.45) is 13.8. The smallest absolute Gasteiger partial charge is 0.249 e. The number of hydrogen-bond donors (Lipinski definition) is 3. The Hall–Kier alpha value is -1.65. The first-order chi connectivity index (χ1) is 13.5. The molecule has 1 heterocycles. The number of allylic oxidation sites excluding steroid dienone is 7. The van der Waals surface area contributed by atoms with Crippen LogP contribution >= 0.6 is 0 Å². The molecule has 3 aliphatic carbocycles. The topological polar surface area (TPSA) is 69.6 Å². The Morgan fingerprint density at radius 1 is 1.28 bits per heavy atom. The first-order valence-corrected chi connectivity index (χ1v) is 11.0. The van der Waals surface area contributed by atoms with Crippen molar-refractivity contribution in [2.45, 2.75) is 71.6 Å². The van der Waals surface area contributed by atoms with Gasteiger partial charge in [-0.15, -0.1) is 0 Å². The van der Waals surface area contributed by atoms with Crippen molar-refractivity contribution in [1.29, 1.82) is 0 Å². The first kappa shape index (κ1) is 20.6. The van der Waals surface area contributed by atoms with Gasteiger partial charge in [-0.25, -0.2) is 0 Å². The molecule has 3 N–H and O–H groups in total. The molecule has 0 aromatic carbocycles. The molecule has 7 atom stereocenters. The van der Waals surface area contributed by atoms with Crippen LogP contribution in [-0.4, -0.2) is 27.4 Å². The summed E-state index contributed by atoms with van der Waals surface area (Å²) in [7, 11) is 0. The summed E-state index contributed by atoms with van der Waals surface area (Å²) in [5.41, 5.74) is 0.972. The van der Waals surface area contributed by atoms with Crippen molar-refractivity contribution in [2.24, 2.45) is 29.1 Å². The molecule has 4 heteroatoms. The van der Waals surface area contributed by atoms with Crippen molar-refractivity contribution >= 4 is 5.91 Å². The molecule has 0 radical (unpaired) electrons. The molecule has 4 aliphatic rings. The molecule has 1 saturated heterocycles. The molecule has 1 aliphatic heterocycles. The molecule has 0 bridgehead atoms. The maximum Gasteiger partial charge on any atom is 0.249 e. The Bertz CT molecular complexity index is 844. The van der Waals surface area contributed by atoms with Crippen molar-refractivity contribution < 1.29 is 15.0 Å². The number of aliphatic hydroxyl groups is 2. The van der Waals surface area contributed by atoms with Crippen molar-refractivity contribution in [2.75, 3.05) is 0 Å². The Kier molecular flexibility index (Phi) is 4.75. The molecule has 29 heavy (non-hydrogen) atoms. The van der Waals surface area contributed by atoms with Crippen LogP contribution in [0.2, 0.25) is 0 Å². The van der Waals surface area contributed by atoms with E-state index in [4.69, 9.17) is 0 Å². The van der Waals surface area contributed by atoms with E-state index in [1.807, 2.05) is 13.0 Å². The molecule has 2 saturated carbocycles. The van der Waals surface area contributed by atoms with Crippen molar-refractivity contribution in [3.63, 3.8) is 0 Å². The van der Waals surface area contributed by atoms with Crippen molar-refractivity contribution in [3.05, 3.63) is 47.1 Å². The number of nitrogens with one attached hydrogen (secondary N) is 1. The number of amides is 1. The van der Waals surface area contributed by atoms with Gasteiger partial charge in [0.15, 0.2) is 0 Å². The molecule has 0 spiro atoms. The highest BCUT2D eigenvalue weighted by atomic mass is 16.3. The van der Waals surface area contributed by atoms with Crippen LogP contribution in [0.4, 0.5) is 0 Å². The highest BCUT2D eigenvalue weighted by molar-refractivity contribution is 5.98. The van der Waals surface area contributed by atoms with Crippen molar-refractivity contribution in [3.8, 4) is 0 Å². The maximum atomic E-state index is 12.6. The highest BCUT2D eigenvalue weighted by Crippen LogP contribution is 2.61. The van der Waals surface area contributed by atoms with Crippen LogP contribution in [0, 0.1) is 29.1 Å². The van der Waals surface area contributed by atoms with Crippen LogP contribution < -0.4 is 5.32 Å². The first-order valence-electron chi connectivity index (χ1n) is 11.0. The Morgan fingerprint density at radius 2 is 2.00 bits per heavy atom. The Morgan fingerprint density at radius 3 is 2.69 bits per heavy atom. The largest absolute Gasteiger partial charge is 0.390 e. The highest BCUT2D eigenvalue weighted by Gasteiger charge is 2.65. The summed E-state index contributed by atoms with van der Waals surface area (Å²) in [5, 5.41) is 25.0. The SMILES string of the molecule is CC(C)=C/C=C\[C@H](C)[C@H]1CC[C@]2(C)C[C@H]3[C@@H]4/C(=C\C=C\12)C(=O)N[C@]4(O)C[C@@]3(C)O. The van der Waals surface area contributed by atoms with Crippen LogP contribution in [0.5, 0.6) is 0 Å². The minimum Gasteiger partial charge on any atom is -0.390 e. The van der Waals surface area contributed by atoms with E-state index < -0.39 is 11.3 Å². The molecule has 0 aromatic rings. The molecule has 3 fully saturated rings. The van der Waals surface area contributed by atoms with E-state index in [2.05, 4.69) is 57.3 Å². The lowest BCUT2D eigenvalue weighted by molar-refractivity contribution is -0.121. The second-order valence-electron chi connectivity index (χ2n) is 10.6. The predicted octanol–water partition coefficient (Wildman–Crippen LogP) is 4.02. The van der Waals surface area contributed by atoms with Gasteiger partial charge < -0.3 is 15.5 Å². The molecule has 0 aromatic heterocycles. The summed E-state index contributed by atoms with van der Waals surface area (Å²) in [4.78, 5) is 12.6. The summed E-state index contributed by atoms with van der Waals surface area (Å²) < 4.78 is 0. The normalized spacial score (nSPS) is 48.0. The van der Waals surface area contributed by atoms with Gasteiger partial charge in [-0.1, -0.05) is 55.4 Å². The number of fused-ring (bicyclic) bond motifs is 1. The zero-order valence-electron chi connectivity index (χ0n) is 18.3. The Balaban J connectivity index is 1.73. The second kappa shape index (κ2) is 6.68. The van der Waals surface area contributed by atoms with Gasteiger partial charge in [-0.3, -0.25) is 4.79 Å². The van der Waals surface area contributed by atoms with Crippen LogP contribution in [-0.2, 0) is 4.79 Å². The Labute approximate surface area is 174 Å². The van der Waals surface area contributed by atoms with Gasteiger partial charge in [0.1, 0.15) is 5.72 Å². The zero-order chi connectivity index (χ0) is 21.2. The molecular weight excluding hydrogens is 362 g/mol. The molecule has 0 unspecified atom stereocenters. The van der Waals surface area contributed by atoms with Gasteiger partial charge in [-0.2, -0.15) is 0 Å². The second-order valence-corrected chi connectivity index (χ2v) is 10.6. The van der Waals surface area contributed by atoms with Gasteiger partial charge in [0.25, 0.3) is 0 Å². The fourth-order valence-corrected chi connectivity index (χ4v) is 6.54. The van der Waals surface area contributed by atoms with E-state index in [-0.39, 0.29) is 29.6 Å². The van der Waals surface area contributed by atoms with E-state index in [1.54, 1.807) is 0 Å². The molecule has 4 nitrogen and oxygen atoms in total. The van der Waals surface area contributed by atoms with Crippen LogP contribution in [0.1, 0.15) is 60.3 Å². The van der Waals surface area contributed by atoms with Crippen molar-refractivity contribution in [1.82, 2.24) is 5.32 Å². The van der Waals surface area contributed by atoms with E-state index >= 15 is 0 Å². The predicted molar refractivity (Wildman–Crippen MR) is 115 cm³/mol. The summed E-state index contributed by atoms with van der Waals surface area (Å²) in [5.74, 6) is 0.176. The zero-order valence-corrected chi connectivity index (χ0v) is 18.3. The summed E-state index contributed by atoms with van der Waals surface area (Å²) >= 11 is 0. The van der Waals surface area contributed by atoms with Gasteiger partial charge in [0.05, 0.1) is 5.60 Å². The molecule has 1 amide bonds. The third-order valence-corrected chi connectivity index (χ3v) is 7.97. The third kappa shape index (κ3) is 3.25. The van der Waals surface area contributed by atoms with Gasteiger partial charge in [-0.05, 0) is 57.3 Å². The van der Waals surface area contributed by atoms with E-state index in [1.165, 1.54) is 11.1 Å². The lowest BCUT2D eigenvalue weighted by Crippen LogP contribution is -2.44. The minimum atomic E-state index is -1.32.